The number of hydrogen-bond acceptors (Lipinski definition) is 5. The minimum atomic E-state index is -0.00791. The minimum absolute atomic E-state index is 0.00791. The van der Waals surface area contributed by atoms with Crippen LogP contribution in [0.15, 0.2) is 36.4 Å². The van der Waals surface area contributed by atoms with E-state index in [1.54, 1.807) is 20.3 Å². The maximum absolute atomic E-state index is 9.93. The average molecular weight is 360 g/mol. The fraction of sp³-hybridized carbons (Fsp3) is 0.429. The normalized spacial score (nSPS) is 14.4. The van der Waals surface area contributed by atoms with Crippen molar-refractivity contribution in [2.24, 2.45) is 11.8 Å². The van der Waals surface area contributed by atoms with E-state index >= 15 is 0 Å². The first-order valence-electron chi connectivity index (χ1n) is 8.66. The summed E-state index contributed by atoms with van der Waals surface area (Å²) >= 11 is 0. The van der Waals surface area contributed by atoms with Crippen LogP contribution in [-0.2, 0) is 0 Å². The van der Waals surface area contributed by atoms with Crippen LogP contribution in [0.5, 0.6) is 23.0 Å². The van der Waals surface area contributed by atoms with Gasteiger partial charge in [0.1, 0.15) is 0 Å². The lowest BCUT2D eigenvalue weighted by Crippen LogP contribution is -2.21. The first-order valence-corrected chi connectivity index (χ1v) is 8.66. The van der Waals surface area contributed by atoms with Gasteiger partial charge in [-0.3, -0.25) is 0 Å². The van der Waals surface area contributed by atoms with Crippen LogP contribution in [0.1, 0.15) is 30.9 Å². The van der Waals surface area contributed by atoms with Gasteiger partial charge >= 0.3 is 0 Å². The highest BCUT2D eigenvalue weighted by molar-refractivity contribution is 5.49. The Balaban J connectivity index is 2.58. The van der Waals surface area contributed by atoms with Crippen molar-refractivity contribution in [2.75, 3.05) is 27.9 Å². The zero-order valence-corrected chi connectivity index (χ0v) is 16.0. The number of hydrogen-bond donors (Lipinski definition) is 2. The monoisotopic (exact) mass is 360 g/mol. The van der Waals surface area contributed by atoms with E-state index in [1.165, 1.54) is 7.11 Å². The molecule has 2 aromatic carbocycles. The third-order valence-electron chi connectivity index (χ3n) is 5.04. The van der Waals surface area contributed by atoms with Crippen molar-refractivity contribution < 1.29 is 24.4 Å². The van der Waals surface area contributed by atoms with E-state index in [9.17, 15) is 10.2 Å². The number of phenols is 1. The number of aliphatic hydroxyl groups is 1. The number of phenolic OH excluding ortho intramolecular Hbond substituents is 1. The molecule has 2 rings (SSSR count). The van der Waals surface area contributed by atoms with Gasteiger partial charge in [0.25, 0.3) is 0 Å². The molecule has 142 valence electrons. The summed E-state index contributed by atoms with van der Waals surface area (Å²) in [5.74, 6) is 2.08. The maximum Gasteiger partial charge on any atom is 0.161 e. The Bertz CT molecular complexity index is 728. The first kappa shape index (κ1) is 19.9. The first-order chi connectivity index (χ1) is 12.5. The Morgan fingerprint density at radius 3 is 1.88 bits per heavy atom. The second-order valence-corrected chi connectivity index (χ2v) is 6.54. The predicted molar refractivity (Wildman–Crippen MR) is 101 cm³/mol. The Morgan fingerprint density at radius 2 is 1.35 bits per heavy atom. The molecule has 0 fully saturated rings. The van der Waals surface area contributed by atoms with Crippen LogP contribution in [0.3, 0.4) is 0 Å². The van der Waals surface area contributed by atoms with E-state index in [0.717, 1.165) is 11.1 Å². The number of rotatable bonds is 8. The second-order valence-electron chi connectivity index (χ2n) is 6.54. The van der Waals surface area contributed by atoms with Crippen LogP contribution < -0.4 is 14.2 Å². The standard InChI is InChI=1S/C21H28O5/c1-13(12-22)14(2)21(15-6-8-17(23)19(10-15)25-4)16-7-9-18(24-3)20(11-16)26-5/h6-11,13-14,21-23H,12H2,1-5H3/t13-,14+,21?/m0/s1. The molecule has 3 atom stereocenters. The maximum atomic E-state index is 9.93. The van der Waals surface area contributed by atoms with Crippen molar-refractivity contribution >= 4 is 0 Å². The molecular weight excluding hydrogens is 332 g/mol. The van der Waals surface area contributed by atoms with Gasteiger partial charge < -0.3 is 24.4 Å². The van der Waals surface area contributed by atoms with Crippen LogP contribution >= 0.6 is 0 Å². The van der Waals surface area contributed by atoms with Gasteiger partial charge in [0, 0.05) is 12.5 Å². The predicted octanol–water partition coefficient (Wildman–Crippen LogP) is 3.81. The van der Waals surface area contributed by atoms with Gasteiger partial charge in [-0.25, -0.2) is 0 Å². The molecule has 0 spiro atoms. The molecule has 0 radical (unpaired) electrons. The van der Waals surface area contributed by atoms with Crippen molar-refractivity contribution in [1.82, 2.24) is 0 Å². The van der Waals surface area contributed by atoms with Crippen LogP contribution in [0.2, 0.25) is 0 Å². The third-order valence-corrected chi connectivity index (χ3v) is 5.04. The van der Waals surface area contributed by atoms with E-state index < -0.39 is 0 Å². The molecule has 0 heterocycles. The average Bonchev–Trinajstić information content (AvgIpc) is 2.68. The topological polar surface area (TPSA) is 68.2 Å². The molecule has 26 heavy (non-hydrogen) atoms. The Kier molecular flexibility index (Phi) is 6.75. The third kappa shape index (κ3) is 4.05. The van der Waals surface area contributed by atoms with Crippen molar-refractivity contribution in [1.29, 1.82) is 0 Å². The van der Waals surface area contributed by atoms with E-state index in [1.807, 2.05) is 37.3 Å². The number of benzene rings is 2. The lowest BCUT2D eigenvalue weighted by molar-refractivity contribution is 0.186. The molecule has 0 saturated carbocycles. The molecule has 0 aliphatic heterocycles. The molecule has 0 saturated heterocycles. The zero-order valence-electron chi connectivity index (χ0n) is 16.0. The Labute approximate surface area is 155 Å². The van der Waals surface area contributed by atoms with Crippen molar-refractivity contribution in [3.8, 4) is 23.0 Å². The van der Waals surface area contributed by atoms with Crippen LogP contribution in [0.25, 0.3) is 0 Å². The molecule has 0 amide bonds. The SMILES string of the molecule is COc1cc(C(c2ccc(OC)c(OC)c2)[C@H](C)[C@@H](C)CO)ccc1O. The van der Waals surface area contributed by atoms with Gasteiger partial charge in [-0.2, -0.15) is 0 Å². The molecular formula is C21H28O5. The number of methoxy groups -OCH3 is 3. The molecule has 5 nitrogen and oxygen atoms in total. The highest BCUT2D eigenvalue weighted by Crippen LogP contribution is 2.41. The van der Waals surface area contributed by atoms with Gasteiger partial charge in [0.15, 0.2) is 23.0 Å². The highest BCUT2D eigenvalue weighted by Gasteiger charge is 2.27. The van der Waals surface area contributed by atoms with Crippen molar-refractivity contribution in [2.45, 2.75) is 19.8 Å². The summed E-state index contributed by atoms with van der Waals surface area (Å²) in [5.41, 5.74) is 2.04. The Hall–Kier alpha value is -2.40. The fourth-order valence-electron chi connectivity index (χ4n) is 3.23. The summed E-state index contributed by atoms with van der Waals surface area (Å²) < 4.78 is 16.1. The molecule has 0 bridgehead atoms. The number of aliphatic hydroxyl groups excluding tert-OH is 1. The van der Waals surface area contributed by atoms with Gasteiger partial charge in [0.2, 0.25) is 0 Å². The summed E-state index contributed by atoms with van der Waals surface area (Å²) in [5, 5.41) is 19.6. The lowest BCUT2D eigenvalue weighted by Gasteiger charge is -2.29. The molecule has 2 N–H and O–H groups in total. The molecule has 0 aliphatic carbocycles. The zero-order chi connectivity index (χ0) is 19.3. The van der Waals surface area contributed by atoms with Crippen LogP contribution in [0.4, 0.5) is 0 Å². The molecule has 0 aromatic heterocycles. The van der Waals surface area contributed by atoms with Gasteiger partial charge in [-0.15, -0.1) is 0 Å². The summed E-state index contributed by atoms with van der Waals surface area (Å²) in [4.78, 5) is 0. The summed E-state index contributed by atoms with van der Waals surface area (Å²) in [6.45, 7) is 4.23. The van der Waals surface area contributed by atoms with Crippen molar-refractivity contribution in [3.05, 3.63) is 47.5 Å². The molecule has 5 heteroatoms. The van der Waals surface area contributed by atoms with Gasteiger partial charge in [0.05, 0.1) is 21.3 Å². The van der Waals surface area contributed by atoms with Gasteiger partial charge in [-0.1, -0.05) is 26.0 Å². The Morgan fingerprint density at radius 1 is 0.808 bits per heavy atom. The minimum Gasteiger partial charge on any atom is -0.504 e. The number of ether oxygens (including phenoxy) is 3. The summed E-state index contributed by atoms with van der Waals surface area (Å²) in [6.07, 6.45) is 0. The largest absolute Gasteiger partial charge is 0.504 e. The van der Waals surface area contributed by atoms with E-state index in [-0.39, 0.29) is 30.1 Å². The summed E-state index contributed by atoms with van der Waals surface area (Å²) in [7, 11) is 4.75. The molecule has 2 aromatic rings. The van der Waals surface area contributed by atoms with E-state index in [4.69, 9.17) is 14.2 Å². The highest BCUT2D eigenvalue weighted by atomic mass is 16.5. The van der Waals surface area contributed by atoms with E-state index in [2.05, 4.69) is 6.92 Å². The summed E-state index contributed by atoms with van der Waals surface area (Å²) in [6, 6.07) is 11.2. The fourth-order valence-corrected chi connectivity index (χ4v) is 3.23. The lowest BCUT2D eigenvalue weighted by atomic mass is 9.76. The number of aromatic hydroxyl groups is 1. The van der Waals surface area contributed by atoms with E-state index in [0.29, 0.717) is 17.2 Å². The van der Waals surface area contributed by atoms with Crippen LogP contribution in [0, 0.1) is 11.8 Å². The van der Waals surface area contributed by atoms with Crippen LogP contribution in [-0.4, -0.2) is 38.1 Å². The smallest absolute Gasteiger partial charge is 0.161 e. The van der Waals surface area contributed by atoms with Crippen molar-refractivity contribution in [3.63, 3.8) is 0 Å². The molecule has 1 unspecified atom stereocenters. The quantitative estimate of drug-likeness (QED) is 0.749. The van der Waals surface area contributed by atoms with Gasteiger partial charge in [-0.05, 0) is 47.2 Å². The second kappa shape index (κ2) is 8.81. The molecule has 0 aliphatic rings.